The maximum absolute atomic E-state index is 12.0. The van der Waals surface area contributed by atoms with E-state index in [2.05, 4.69) is 9.72 Å². The first-order valence-corrected chi connectivity index (χ1v) is 5.60. The van der Waals surface area contributed by atoms with Crippen molar-refractivity contribution in [2.75, 3.05) is 0 Å². The number of ether oxygens (including phenoxy) is 1. The average Bonchev–Trinajstić information content (AvgIpc) is 2.17. The lowest BCUT2D eigenvalue weighted by Gasteiger charge is -2.12. The molecule has 0 bridgehead atoms. The van der Waals surface area contributed by atoms with Gasteiger partial charge in [0.1, 0.15) is 3.70 Å². The van der Waals surface area contributed by atoms with Crippen LogP contribution in [-0.2, 0) is 5.88 Å². The summed E-state index contributed by atoms with van der Waals surface area (Å²) in [4.78, 5) is 14.2. The molecule has 0 amide bonds. The lowest BCUT2D eigenvalue weighted by atomic mass is 10.2. The number of carboxylic acids is 1. The van der Waals surface area contributed by atoms with E-state index in [-0.39, 0.29) is 15.1 Å². The number of aromatic nitrogens is 1. The lowest BCUT2D eigenvalue weighted by Crippen LogP contribution is -2.20. The van der Waals surface area contributed by atoms with Gasteiger partial charge in [0.25, 0.3) is 0 Å². The van der Waals surface area contributed by atoms with Crippen molar-refractivity contribution in [3.8, 4) is 5.75 Å². The molecule has 0 spiro atoms. The SMILES string of the molecule is O=C(O)c1nc(I)c(CCl)cc1OC(F)(F)F. The molecule has 0 fully saturated rings. The molecule has 94 valence electrons. The molecule has 0 aliphatic rings. The van der Waals surface area contributed by atoms with Gasteiger partial charge in [-0.2, -0.15) is 0 Å². The van der Waals surface area contributed by atoms with E-state index in [0.717, 1.165) is 6.07 Å². The van der Waals surface area contributed by atoms with Crippen LogP contribution in [0.2, 0.25) is 0 Å². The number of pyridine rings is 1. The number of hydrogen-bond donors (Lipinski definition) is 1. The van der Waals surface area contributed by atoms with Gasteiger partial charge in [-0.25, -0.2) is 9.78 Å². The molecular formula is C8H4ClF3INO3. The molecule has 9 heteroatoms. The van der Waals surface area contributed by atoms with E-state index in [1.54, 1.807) is 22.6 Å². The molecule has 0 saturated carbocycles. The fraction of sp³-hybridized carbons (Fsp3) is 0.250. The Bertz CT molecular complexity index is 452. The Balaban J connectivity index is 3.29. The van der Waals surface area contributed by atoms with E-state index in [4.69, 9.17) is 16.7 Å². The van der Waals surface area contributed by atoms with Gasteiger partial charge in [0.15, 0.2) is 11.4 Å². The molecule has 0 aliphatic heterocycles. The Morgan fingerprint density at radius 3 is 2.59 bits per heavy atom. The van der Waals surface area contributed by atoms with Crippen molar-refractivity contribution in [2.24, 2.45) is 0 Å². The third-order valence-corrected chi connectivity index (χ3v) is 2.81. The van der Waals surface area contributed by atoms with Gasteiger partial charge in [-0.05, 0) is 28.7 Å². The van der Waals surface area contributed by atoms with Crippen LogP contribution < -0.4 is 4.74 Å². The second-order valence-corrected chi connectivity index (χ2v) is 4.06. The van der Waals surface area contributed by atoms with Gasteiger partial charge in [0.05, 0.1) is 5.88 Å². The number of halogens is 5. The smallest absolute Gasteiger partial charge is 0.476 e. The van der Waals surface area contributed by atoms with E-state index in [1.165, 1.54) is 0 Å². The summed E-state index contributed by atoms with van der Waals surface area (Å²) >= 11 is 7.16. The molecule has 4 nitrogen and oxygen atoms in total. The quantitative estimate of drug-likeness (QED) is 0.497. The van der Waals surface area contributed by atoms with Crippen molar-refractivity contribution in [3.63, 3.8) is 0 Å². The van der Waals surface area contributed by atoms with Gasteiger partial charge < -0.3 is 9.84 Å². The normalized spacial score (nSPS) is 11.4. The highest BCUT2D eigenvalue weighted by Crippen LogP contribution is 2.28. The third kappa shape index (κ3) is 3.87. The molecule has 0 unspecified atom stereocenters. The van der Waals surface area contributed by atoms with Gasteiger partial charge in [0.2, 0.25) is 0 Å². The Morgan fingerprint density at radius 1 is 1.59 bits per heavy atom. The molecular weight excluding hydrogens is 377 g/mol. The zero-order valence-electron chi connectivity index (χ0n) is 7.89. The number of rotatable bonds is 3. The largest absolute Gasteiger partial charge is 0.573 e. The first kappa shape index (κ1) is 14.3. The summed E-state index contributed by atoms with van der Waals surface area (Å²) in [6.45, 7) is 0. The molecule has 1 heterocycles. The van der Waals surface area contributed by atoms with Crippen LogP contribution in [-0.4, -0.2) is 22.4 Å². The van der Waals surface area contributed by atoms with Crippen LogP contribution in [0.1, 0.15) is 16.1 Å². The fourth-order valence-corrected chi connectivity index (χ4v) is 1.98. The molecule has 1 N–H and O–H groups in total. The highest BCUT2D eigenvalue weighted by Gasteiger charge is 2.34. The summed E-state index contributed by atoms with van der Waals surface area (Å²) in [6.07, 6.45) is -4.98. The van der Waals surface area contributed by atoms with Crippen LogP contribution in [0, 0.1) is 3.70 Å². The van der Waals surface area contributed by atoms with Crippen LogP contribution >= 0.6 is 34.2 Å². The monoisotopic (exact) mass is 381 g/mol. The van der Waals surface area contributed by atoms with Crippen molar-refractivity contribution in [2.45, 2.75) is 12.2 Å². The van der Waals surface area contributed by atoms with Crippen LogP contribution in [0.15, 0.2) is 6.07 Å². The average molecular weight is 381 g/mol. The summed E-state index contributed by atoms with van der Waals surface area (Å²) in [6, 6.07) is 0.915. The van der Waals surface area contributed by atoms with Crippen molar-refractivity contribution in [3.05, 3.63) is 21.0 Å². The van der Waals surface area contributed by atoms with Crippen LogP contribution in [0.4, 0.5) is 13.2 Å². The standard InChI is InChI=1S/C8H4ClF3INO3/c9-2-3-1-4(17-8(10,11)12)5(7(15)16)14-6(3)13/h1H,2H2,(H,15,16). The number of carboxylic acid groups (broad SMARTS) is 1. The molecule has 1 rings (SSSR count). The van der Waals surface area contributed by atoms with E-state index >= 15 is 0 Å². The second kappa shape index (κ2) is 5.25. The van der Waals surface area contributed by atoms with Crippen LogP contribution in [0.3, 0.4) is 0 Å². The van der Waals surface area contributed by atoms with Crippen molar-refractivity contribution < 1.29 is 27.8 Å². The number of nitrogens with zero attached hydrogens (tertiary/aromatic N) is 1. The molecule has 1 aromatic rings. The Morgan fingerprint density at radius 2 is 2.18 bits per heavy atom. The minimum absolute atomic E-state index is 0.0978. The zero-order valence-corrected chi connectivity index (χ0v) is 10.8. The highest BCUT2D eigenvalue weighted by atomic mass is 127. The first-order chi connectivity index (χ1) is 7.74. The number of aromatic carboxylic acids is 1. The van der Waals surface area contributed by atoms with Crippen LogP contribution in [0.25, 0.3) is 0 Å². The number of hydrogen-bond acceptors (Lipinski definition) is 3. The molecule has 1 aromatic heterocycles. The predicted molar refractivity (Wildman–Crippen MR) is 60.2 cm³/mol. The molecule has 0 atom stereocenters. The van der Waals surface area contributed by atoms with Gasteiger partial charge in [-0.15, -0.1) is 24.8 Å². The first-order valence-electron chi connectivity index (χ1n) is 3.99. The summed E-state index contributed by atoms with van der Waals surface area (Å²) in [7, 11) is 0. The maximum Gasteiger partial charge on any atom is 0.573 e. The second-order valence-electron chi connectivity index (χ2n) is 2.77. The lowest BCUT2D eigenvalue weighted by molar-refractivity contribution is -0.274. The van der Waals surface area contributed by atoms with Gasteiger partial charge in [-0.1, -0.05) is 0 Å². The molecule has 17 heavy (non-hydrogen) atoms. The third-order valence-electron chi connectivity index (χ3n) is 1.59. The van der Waals surface area contributed by atoms with Gasteiger partial charge in [-0.3, -0.25) is 0 Å². The van der Waals surface area contributed by atoms with Crippen molar-refractivity contribution in [1.29, 1.82) is 0 Å². The minimum atomic E-state index is -4.98. The Kier molecular flexibility index (Phi) is 4.42. The molecule has 0 aromatic carbocycles. The zero-order chi connectivity index (χ0) is 13.2. The Labute approximate surface area is 112 Å². The minimum Gasteiger partial charge on any atom is -0.476 e. The van der Waals surface area contributed by atoms with Gasteiger partial charge >= 0.3 is 12.3 Å². The molecule has 0 aliphatic carbocycles. The molecule has 0 saturated heterocycles. The topological polar surface area (TPSA) is 59.4 Å². The van der Waals surface area contributed by atoms with Crippen molar-refractivity contribution in [1.82, 2.24) is 4.98 Å². The predicted octanol–water partition coefficient (Wildman–Crippen LogP) is 3.02. The summed E-state index contributed by atoms with van der Waals surface area (Å²) in [5, 5.41) is 8.70. The fourth-order valence-electron chi connectivity index (χ4n) is 0.961. The van der Waals surface area contributed by atoms with Gasteiger partial charge in [0, 0.05) is 5.56 Å². The maximum atomic E-state index is 12.0. The Hall–Kier alpha value is -0.770. The van der Waals surface area contributed by atoms with Crippen molar-refractivity contribution >= 4 is 40.2 Å². The van der Waals surface area contributed by atoms with E-state index in [1.807, 2.05) is 0 Å². The summed E-state index contributed by atoms with van der Waals surface area (Å²) < 4.78 is 39.9. The van der Waals surface area contributed by atoms with E-state index < -0.39 is 23.8 Å². The number of alkyl halides is 4. The summed E-state index contributed by atoms with van der Waals surface area (Å²) in [5.41, 5.74) is -0.544. The highest BCUT2D eigenvalue weighted by molar-refractivity contribution is 14.1. The van der Waals surface area contributed by atoms with E-state index in [0.29, 0.717) is 0 Å². The summed E-state index contributed by atoms with van der Waals surface area (Å²) in [5.74, 6) is -2.58. The van der Waals surface area contributed by atoms with Crippen LogP contribution in [0.5, 0.6) is 5.75 Å². The molecule has 0 radical (unpaired) electrons. The van der Waals surface area contributed by atoms with E-state index in [9.17, 15) is 18.0 Å². The number of carbonyl (C=O) groups is 1.